The number of carbonyl (C=O) groups excluding carboxylic acids is 1. The average Bonchev–Trinajstić information content (AvgIpc) is 2.43. The maximum absolute atomic E-state index is 12.2. The number of ether oxygens (including phenoxy) is 2. The van der Waals surface area contributed by atoms with E-state index in [1.807, 2.05) is 45.9 Å². The van der Waals surface area contributed by atoms with Crippen LogP contribution in [0.15, 0.2) is 24.3 Å². The van der Waals surface area contributed by atoms with Gasteiger partial charge in [-0.15, -0.1) is 0 Å². The van der Waals surface area contributed by atoms with Crippen LogP contribution in [-0.4, -0.2) is 31.8 Å². The lowest BCUT2D eigenvalue weighted by atomic mass is 9.93. The van der Waals surface area contributed by atoms with Crippen LogP contribution in [-0.2, 0) is 19.8 Å². The molecule has 1 atom stereocenters. The highest BCUT2D eigenvalue weighted by molar-refractivity contribution is 5.81. The molecule has 1 aromatic rings. The van der Waals surface area contributed by atoms with Crippen molar-refractivity contribution in [3.8, 4) is 0 Å². The highest BCUT2D eigenvalue weighted by atomic mass is 16.5. The zero-order chi connectivity index (χ0) is 15.9. The molecule has 1 rings (SSSR count). The molecular formula is C17H27NO3. The lowest BCUT2D eigenvalue weighted by Gasteiger charge is -2.29. The van der Waals surface area contributed by atoms with Crippen LogP contribution >= 0.6 is 0 Å². The summed E-state index contributed by atoms with van der Waals surface area (Å²) in [7, 11) is 0. The fraction of sp³-hybridized carbons (Fsp3) is 0.588. The summed E-state index contributed by atoms with van der Waals surface area (Å²) < 4.78 is 10.7. The summed E-state index contributed by atoms with van der Waals surface area (Å²) in [4.78, 5) is 12.2. The van der Waals surface area contributed by atoms with Crippen molar-refractivity contribution in [1.82, 2.24) is 5.32 Å². The highest BCUT2D eigenvalue weighted by Crippen LogP contribution is 2.21. The Labute approximate surface area is 127 Å². The number of carbonyl (C=O) groups is 1. The summed E-state index contributed by atoms with van der Waals surface area (Å²) in [5.74, 6) is -0.113. The van der Waals surface area contributed by atoms with Crippen molar-refractivity contribution in [3.63, 3.8) is 0 Å². The van der Waals surface area contributed by atoms with Gasteiger partial charge in [0.25, 0.3) is 0 Å². The zero-order valence-corrected chi connectivity index (χ0v) is 13.7. The third-order valence-electron chi connectivity index (χ3n) is 3.34. The van der Waals surface area contributed by atoms with Gasteiger partial charge in [-0.3, -0.25) is 4.79 Å². The fourth-order valence-corrected chi connectivity index (χ4v) is 2.02. The fourth-order valence-electron chi connectivity index (χ4n) is 2.02. The quantitative estimate of drug-likeness (QED) is 0.750. The molecule has 21 heavy (non-hydrogen) atoms. The number of nitrogens with one attached hydrogen (secondary N) is 1. The molecule has 118 valence electrons. The molecule has 0 aliphatic rings. The second-order valence-corrected chi connectivity index (χ2v) is 5.69. The zero-order valence-electron chi connectivity index (χ0n) is 13.7. The van der Waals surface area contributed by atoms with E-state index in [9.17, 15) is 4.79 Å². The first kappa shape index (κ1) is 17.7. The van der Waals surface area contributed by atoms with Crippen LogP contribution in [0, 0.1) is 6.92 Å². The number of aryl methyl sites for hydroxylation is 1. The smallest absolute Gasteiger partial charge is 0.249 e. The van der Waals surface area contributed by atoms with Crippen molar-refractivity contribution in [2.45, 2.75) is 46.3 Å². The first-order valence-corrected chi connectivity index (χ1v) is 7.45. The monoisotopic (exact) mass is 293 g/mol. The molecule has 1 N–H and O–H groups in total. The van der Waals surface area contributed by atoms with E-state index in [0.29, 0.717) is 19.8 Å². The van der Waals surface area contributed by atoms with E-state index in [1.165, 1.54) is 5.56 Å². The lowest BCUT2D eigenvalue weighted by Crippen LogP contribution is -2.46. The van der Waals surface area contributed by atoms with Crippen molar-refractivity contribution in [3.05, 3.63) is 35.4 Å². The van der Waals surface area contributed by atoms with Crippen LogP contribution in [0.2, 0.25) is 0 Å². The van der Waals surface area contributed by atoms with Gasteiger partial charge in [-0.2, -0.15) is 0 Å². The predicted octanol–water partition coefficient (Wildman–Crippen LogP) is 2.79. The number of benzene rings is 1. The molecule has 0 aromatic heterocycles. The molecule has 0 saturated carbocycles. The SMILES string of the molecule is CCOCCO[C@@H](C)C(=O)NC(C)(C)c1cccc(C)c1. The number of hydrogen-bond acceptors (Lipinski definition) is 3. The van der Waals surface area contributed by atoms with Gasteiger partial charge in [0, 0.05) is 6.61 Å². The standard InChI is InChI=1S/C17H27NO3/c1-6-20-10-11-21-14(3)16(19)18-17(4,5)15-9-7-8-13(2)12-15/h7-9,12,14H,6,10-11H2,1-5H3,(H,18,19)/t14-/m0/s1. The van der Waals surface area contributed by atoms with Crippen molar-refractivity contribution >= 4 is 5.91 Å². The van der Waals surface area contributed by atoms with Gasteiger partial charge in [-0.05, 0) is 40.2 Å². The molecule has 0 bridgehead atoms. The maximum Gasteiger partial charge on any atom is 0.249 e. The van der Waals surface area contributed by atoms with Crippen LogP contribution in [0.1, 0.15) is 38.8 Å². The van der Waals surface area contributed by atoms with Crippen LogP contribution in [0.3, 0.4) is 0 Å². The molecule has 1 aromatic carbocycles. The number of rotatable bonds is 8. The van der Waals surface area contributed by atoms with Gasteiger partial charge < -0.3 is 14.8 Å². The van der Waals surface area contributed by atoms with E-state index < -0.39 is 11.6 Å². The van der Waals surface area contributed by atoms with Gasteiger partial charge >= 0.3 is 0 Å². The minimum atomic E-state index is -0.491. The second kappa shape index (κ2) is 8.15. The molecule has 0 saturated heterocycles. The largest absolute Gasteiger partial charge is 0.379 e. The summed E-state index contributed by atoms with van der Waals surface area (Å²) in [6.45, 7) is 11.3. The second-order valence-electron chi connectivity index (χ2n) is 5.69. The third-order valence-corrected chi connectivity index (χ3v) is 3.34. The van der Waals surface area contributed by atoms with Gasteiger partial charge in [0.05, 0.1) is 18.8 Å². The van der Waals surface area contributed by atoms with E-state index in [-0.39, 0.29) is 5.91 Å². The Morgan fingerprint density at radius 3 is 2.67 bits per heavy atom. The van der Waals surface area contributed by atoms with Crippen molar-refractivity contribution < 1.29 is 14.3 Å². The van der Waals surface area contributed by atoms with Crippen LogP contribution in [0.5, 0.6) is 0 Å². The minimum Gasteiger partial charge on any atom is -0.379 e. The third kappa shape index (κ3) is 5.86. The average molecular weight is 293 g/mol. The Morgan fingerprint density at radius 2 is 2.05 bits per heavy atom. The Kier molecular flexibility index (Phi) is 6.85. The van der Waals surface area contributed by atoms with Crippen molar-refractivity contribution in [2.75, 3.05) is 19.8 Å². The van der Waals surface area contributed by atoms with E-state index >= 15 is 0 Å². The molecule has 0 spiro atoms. The molecule has 0 fully saturated rings. The molecular weight excluding hydrogens is 266 g/mol. The van der Waals surface area contributed by atoms with Crippen LogP contribution < -0.4 is 5.32 Å². The molecule has 0 aliphatic heterocycles. The molecule has 4 heteroatoms. The maximum atomic E-state index is 12.2. The van der Waals surface area contributed by atoms with E-state index in [0.717, 1.165) is 5.56 Å². The van der Waals surface area contributed by atoms with Crippen LogP contribution in [0.25, 0.3) is 0 Å². The molecule has 4 nitrogen and oxygen atoms in total. The predicted molar refractivity (Wildman–Crippen MR) is 84.3 cm³/mol. The summed E-state index contributed by atoms with van der Waals surface area (Å²) >= 11 is 0. The molecule has 0 aliphatic carbocycles. The molecule has 0 heterocycles. The summed E-state index contributed by atoms with van der Waals surface area (Å²) in [6, 6.07) is 8.15. The van der Waals surface area contributed by atoms with Gasteiger partial charge in [-0.25, -0.2) is 0 Å². The Balaban J connectivity index is 2.55. The number of amides is 1. The van der Waals surface area contributed by atoms with Gasteiger partial charge in [0.2, 0.25) is 5.91 Å². The van der Waals surface area contributed by atoms with E-state index in [4.69, 9.17) is 9.47 Å². The normalized spacial score (nSPS) is 13.0. The van der Waals surface area contributed by atoms with Gasteiger partial charge in [0.1, 0.15) is 6.10 Å². The molecule has 0 unspecified atom stereocenters. The van der Waals surface area contributed by atoms with E-state index in [2.05, 4.69) is 11.4 Å². The first-order valence-electron chi connectivity index (χ1n) is 7.45. The van der Waals surface area contributed by atoms with Crippen molar-refractivity contribution in [2.24, 2.45) is 0 Å². The van der Waals surface area contributed by atoms with E-state index in [1.54, 1.807) is 6.92 Å². The lowest BCUT2D eigenvalue weighted by molar-refractivity contribution is -0.134. The topological polar surface area (TPSA) is 47.6 Å². The highest BCUT2D eigenvalue weighted by Gasteiger charge is 2.25. The van der Waals surface area contributed by atoms with Crippen LogP contribution in [0.4, 0.5) is 0 Å². The Morgan fingerprint density at radius 1 is 1.33 bits per heavy atom. The first-order chi connectivity index (χ1) is 9.86. The summed E-state index contributed by atoms with van der Waals surface area (Å²) in [5.41, 5.74) is 1.83. The van der Waals surface area contributed by atoms with Gasteiger partial charge in [-0.1, -0.05) is 29.8 Å². The summed E-state index contributed by atoms with van der Waals surface area (Å²) in [5, 5.41) is 3.04. The molecule has 0 radical (unpaired) electrons. The minimum absolute atomic E-state index is 0.113. The number of hydrogen-bond donors (Lipinski definition) is 1. The van der Waals surface area contributed by atoms with Crippen molar-refractivity contribution in [1.29, 1.82) is 0 Å². The Bertz CT molecular complexity index is 457. The molecule has 1 amide bonds. The summed E-state index contributed by atoms with van der Waals surface area (Å²) in [6.07, 6.45) is -0.491. The Hall–Kier alpha value is -1.39. The van der Waals surface area contributed by atoms with Gasteiger partial charge in [0.15, 0.2) is 0 Å².